The van der Waals surface area contributed by atoms with Crippen molar-refractivity contribution in [1.82, 2.24) is 0 Å². The lowest BCUT2D eigenvalue weighted by Gasteiger charge is -2.09. The Bertz CT molecular complexity index is 765. The first-order chi connectivity index (χ1) is 10.0. The molecule has 0 amide bonds. The Hall–Kier alpha value is -3.40. The molecular weight excluding hydrogens is 274 g/mol. The monoisotopic (exact) mass is 283 g/mol. The predicted octanol–water partition coefficient (Wildman–Crippen LogP) is 2.91. The number of nitrogens with one attached hydrogen (secondary N) is 1. The zero-order chi connectivity index (χ0) is 15.4. The van der Waals surface area contributed by atoms with Gasteiger partial charge >= 0.3 is 11.7 Å². The van der Waals surface area contributed by atoms with Crippen molar-refractivity contribution in [2.75, 3.05) is 5.32 Å². The Morgan fingerprint density at radius 1 is 1.19 bits per heavy atom. The van der Waals surface area contributed by atoms with E-state index in [0.29, 0.717) is 11.3 Å². The molecule has 0 fully saturated rings. The summed E-state index contributed by atoms with van der Waals surface area (Å²) in [5, 5.41) is 31.9. The maximum absolute atomic E-state index is 11.1. The maximum Gasteiger partial charge on any atom is 0.342 e. The first-order valence-electron chi connectivity index (χ1n) is 5.81. The summed E-state index contributed by atoms with van der Waals surface area (Å²) < 4.78 is 0. The Morgan fingerprint density at radius 2 is 1.86 bits per heavy atom. The minimum Gasteiger partial charge on any atom is -0.477 e. The van der Waals surface area contributed by atoms with Crippen molar-refractivity contribution < 1.29 is 14.8 Å². The Kier molecular flexibility index (Phi) is 3.81. The minimum atomic E-state index is -1.39. The highest BCUT2D eigenvalue weighted by atomic mass is 16.6. The molecule has 2 aromatic carbocycles. The number of rotatable bonds is 4. The fourth-order valence-electron chi connectivity index (χ4n) is 1.85. The molecule has 0 radical (unpaired) electrons. The van der Waals surface area contributed by atoms with Crippen molar-refractivity contribution in [3.63, 3.8) is 0 Å². The van der Waals surface area contributed by atoms with Crippen LogP contribution in [0.2, 0.25) is 0 Å². The smallest absolute Gasteiger partial charge is 0.342 e. The molecule has 0 heterocycles. The van der Waals surface area contributed by atoms with E-state index in [0.717, 1.165) is 6.07 Å². The normalized spacial score (nSPS) is 9.67. The van der Waals surface area contributed by atoms with Crippen LogP contribution in [0.1, 0.15) is 15.9 Å². The number of nitro groups is 1. The molecule has 104 valence electrons. The number of anilines is 2. The summed E-state index contributed by atoms with van der Waals surface area (Å²) in [6.07, 6.45) is 0. The van der Waals surface area contributed by atoms with Gasteiger partial charge in [-0.05, 0) is 24.3 Å². The van der Waals surface area contributed by atoms with Crippen molar-refractivity contribution in [1.29, 1.82) is 5.26 Å². The third-order valence-corrected chi connectivity index (χ3v) is 2.77. The SMILES string of the molecule is N#Cc1ccccc1Nc1cccc(C(=O)O)c1[N+](=O)[O-]. The van der Waals surface area contributed by atoms with Crippen molar-refractivity contribution in [2.24, 2.45) is 0 Å². The second-order valence-electron chi connectivity index (χ2n) is 4.05. The Balaban J connectivity index is 2.55. The van der Waals surface area contributed by atoms with E-state index in [2.05, 4.69) is 5.32 Å². The average Bonchev–Trinajstić information content (AvgIpc) is 2.47. The van der Waals surface area contributed by atoms with Crippen molar-refractivity contribution >= 4 is 23.0 Å². The van der Waals surface area contributed by atoms with Crippen LogP contribution < -0.4 is 5.32 Å². The van der Waals surface area contributed by atoms with Crippen LogP contribution >= 0.6 is 0 Å². The zero-order valence-corrected chi connectivity index (χ0v) is 10.6. The number of carboxylic acids is 1. The van der Waals surface area contributed by atoms with Crippen LogP contribution in [0.15, 0.2) is 42.5 Å². The number of aromatic carboxylic acids is 1. The molecule has 0 atom stereocenters. The molecule has 0 spiro atoms. The molecule has 2 rings (SSSR count). The number of para-hydroxylation sites is 2. The largest absolute Gasteiger partial charge is 0.477 e. The van der Waals surface area contributed by atoms with Gasteiger partial charge in [-0.3, -0.25) is 10.1 Å². The first kappa shape index (κ1) is 14.0. The second kappa shape index (κ2) is 5.71. The molecule has 0 aliphatic heterocycles. The van der Waals surface area contributed by atoms with Crippen LogP contribution in [-0.2, 0) is 0 Å². The van der Waals surface area contributed by atoms with E-state index in [4.69, 9.17) is 10.4 Å². The summed E-state index contributed by atoms with van der Waals surface area (Å²) in [6.45, 7) is 0. The highest BCUT2D eigenvalue weighted by Gasteiger charge is 2.24. The summed E-state index contributed by atoms with van der Waals surface area (Å²) in [5.74, 6) is -1.39. The van der Waals surface area contributed by atoms with Gasteiger partial charge in [-0.15, -0.1) is 0 Å². The van der Waals surface area contributed by atoms with Crippen LogP contribution in [0.3, 0.4) is 0 Å². The highest BCUT2D eigenvalue weighted by molar-refractivity contribution is 5.96. The van der Waals surface area contributed by atoms with E-state index in [1.807, 2.05) is 6.07 Å². The summed E-state index contributed by atoms with van der Waals surface area (Å²) in [7, 11) is 0. The molecule has 21 heavy (non-hydrogen) atoms. The average molecular weight is 283 g/mol. The minimum absolute atomic E-state index is 0.0163. The van der Waals surface area contributed by atoms with E-state index < -0.39 is 22.1 Å². The number of benzene rings is 2. The van der Waals surface area contributed by atoms with Gasteiger partial charge in [0.05, 0.1) is 16.2 Å². The standard InChI is InChI=1S/C14H9N3O4/c15-8-9-4-1-2-6-11(9)16-12-7-3-5-10(14(18)19)13(12)17(20)21/h1-7,16H,(H,18,19). The van der Waals surface area contributed by atoms with Crippen LogP contribution in [0.4, 0.5) is 17.1 Å². The lowest BCUT2D eigenvalue weighted by atomic mass is 10.1. The third kappa shape index (κ3) is 2.79. The quantitative estimate of drug-likeness (QED) is 0.658. The molecule has 0 bridgehead atoms. The van der Waals surface area contributed by atoms with Gasteiger partial charge in [-0.1, -0.05) is 18.2 Å². The van der Waals surface area contributed by atoms with E-state index in [1.54, 1.807) is 24.3 Å². The second-order valence-corrected chi connectivity index (χ2v) is 4.05. The molecule has 2 N–H and O–H groups in total. The zero-order valence-electron chi connectivity index (χ0n) is 10.6. The van der Waals surface area contributed by atoms with E-state index in [-0.39, 0.29) is 5.69 Å². The molecule has 2 aromatic rings. The first-order valence-corrected chi connectivity index (χ1v) is 5.81. The van der Waals surface area contributed by atoms with Gasteiger partial charge < -0.3 is 10.4 Å². The van der Waals surface area contributed by atoms with E-state index in [1.165, 1.54) is 12.1 Å². The number of carboxylic acid groups (broad SMARTS) is 1. The number of nitro benzene ring substituents is 1. The van der Waals surface area contributed by atoms with Gasteiger partial charge in [0.1, 0.15) is 17.3 Å². The van der Waals surface area contributed by atoms with Gasteiger partial charge in [-0.25, -0.2) is 4.79 Å². The molecule has 0 aromatic heterocycles. The van der Waals surface area contributed by atoms with E-state index in [9.17, 15) is 14.9 Å². The summed E-state index contributed by atoms with van der Waals surface area (Å²) in [5.41, 5.74) is -0.280. The summed E-state index contributed by atoms with van der Waals surface area (Å²) >= 11 is 0. The molecule has 0 aliphatic carbocycles. The Morgan fingerprint density at radius 3 is 2.48 bits per heavy atom. The number of hydrogen-bond donors (Lipinski definition) is 2. The number of nitriles is 1. The fraction of sp³-hybridized carbons (Fsp3) is 0. The van der Waals surface area contributed by atoms with Crippen LogP contribution in [-0.4, -0.2) is 16.0 Å². The van der Waals surface area contributed by atoms with Gasteiger partial charge in [0.25, 0.3) is 0 Å². The lowest BCUT2D eigenvalue weighted by Crippen LogP contribution is -2.06. The highest BCUT2D eigenvalue weighted by Crippen LogP contribution is 2.32. The van der Waals surface area contributed by atoms with Gasteiger partial charge in [0.2, 0.25) is 0 Å². The number of nitrogens with zero attached hydrogens (tertiary/aromatic N) is 2. The molecule has 0 aliphatic rings. The Labute approximate surface area is 119 Å². The summed E-state index contributed by atoms with van der Waals surface area (Å²) in [6, 6.07) is 12.3. The topological polar surface area (TPSA) is 116 Å². The molecule has 0 saturated carbocycles. The molecule has 0 saturated heterocycles. The van der Waals surface area contributed by atoms with E-state index >= 15 is 0 Å². The van der Waals surface area contributed by atoms with Crippen LogP contribution in [0.5, 0.6) is 0 Å². The van der Waals surface area contributed by atoms with Crippen molar-refractivity contribution in [3.8, 4) is 6.07 Å². The number of carbonyl (C=O) groups is 1. The third-order valence-electron chi connectivity index (χ3n) is 2.77. The van der Waals surface area contributed by atoms with Gasteiger partial charge in [0, 0.05) is 0 Å². The van der Waals surface area contributed by atoms with Crippen molar-refractivity contribution in [2.45, 2.75) is 0 Å². The van der Waals surface area contributed by atoms with Gasteiger partial charge in [-0.2, -0.15) is 5.26 Å². The lowest BCUT2D eigenvalue weighted by molar-refractivity contribution is -0.384. The number of hydrogen-bond acceptors (Lipinski definition) is 5. The molecule has 7 heteroatoms. The van der Waals surface area contributed by atoms with Crippen LogP contribution in [0, 0.1) is 21.4 Å². The molecule has 0 unspecified atom stereocenters. The maximum atomic E-state index is 11.1. The predicted molar refractivity (Wildman–Crippen MR) is 74.5 cm³/mol. The van der Waals surface area contributed by atoms with Gasteiger partial charge in [0.15, 0.2) is 0 Å². The molecule has 7 nitrogen and oxygen atoms in total. The molecular formula is C14H9N3O4. The van der Waals surface area contributed by atoms with Crippen LogP contribution in [0.25, 0.3) is 0 Å². The fourth-order valence-corrected chi connectivity index (χ4v) is 1.85. The summed E-state index contributed by atoms with van der Waals surface area (Å²) in [4.78, 5) is 21.4. The van der Waals surface area contributed by atoms with Crippen molar-refractivity contribution in [3.05, 3.63) is 63.7 Å².